The lowest BCUT2D eigenvalue weighted by Gasteiger charge is -2.33. The van der Waals surface area contributed by atoms with Crippen LogP contribution in [-0.2, 0) is 22.6 Å². The Kier molecular flexibility index (Phi) is 8.73. The number of carbonyl (C=O) groups is 3. The van der Waals surface area contributed by atoms with Crippen LogP contribution in [0.1, 0.15) is 55.2 Å². The molecule has 2 amide bonds. The summed E-state index contributed by atoms with van der Waals surface area (Å²) in [6.07, 6.45) is 2.93. The molecule has 0 bridgehead atoms. The zero-order valence-corrected chi connectivity index (χ0v) is 22.4. The molecule has 0 saturated carbocycles. The van der Waals surface area contributed by atoms with Crippen molar-refractivity contribution < 1.29 is 19.5 Å². The Morgan fingerprint density at radius 1 is 1.08 bits per heavy atom. The Labute approximate surface area is 223 Å². The van der Waals surface area contributed by atoms with E-state index in [0.29, 0.717) is 38.3 Å². The maximum absolute atomic E-state index is 12.7. The third kappa shape index (κ3) is 7.14. The van der Waals surface area contributed by atoms with Crippen LogP contribution in [0.25, 0.3) is 0 Å². The van der Waals surface area contributed by atoms with Gasteiger partial charge in [-0.3, -0.25) is 19.3 Å². The summed E-state index contributed by atoms with van der Waals surface area (Å²) in [5.74, 6) is -0.654. The van der Waals surface area contributed by atoms with E-state index in [9.17, 15) is 19.5 Å². The molecule has 3 heterocycles. The zero-order chi connectivity index (χ0) is 27.3. The summed E-state index contributed by atoms with van der Waals surface area (Å²) in [5.41, 5.74) is 2.16. The minimum atomic E-state index is -0.695. The number of nitrogens with one attached hydrogen (secondary N) is 2. The van der Waals surface area contributed by atoms with Crippen molar-refractivity contribution in [2.24, 2.45) is 5.41 Å². The van der Waals surface area contributed by atoms with Crippen LogP contribution in [0.5, 0.6) is 0 Å². The van der Waals surface area contributed by atoms with Crippen LogP contribution in [-0.4, -0.2) is 87.3 Å². The molecule has 10 heteroatoms. The molecule has 1 aromatic heterocycles. The maximum Gasteiger partial charge on any atom is 0.290 e. The molecule has 0 radical (unpaired) electrons. The molecule has 10 nitrogen and oxygen atoms in total. The molecule has 1 aromatic carbocycles. The number of amides is 2. The van der Waals surface area contributed by atoms with E-state index in [1.165, 1.54) is 17.5 Å². The van der Waals surface area contributed by atoms with Gasteiger partial charge in [-0.05, 0) is 30.4 Å². The summed E-state index contributed by atoms with van der Waals surface area (Å²) in [7, 11) is 0. The van der Waals surface area contributed by atoms with Gasteiger partial charge in [0, 0.05) is 56.8 Å². The first-order chi connectivity index (χ1) is 18.1. The van der Waals surface area contributed by atoms with E-state index in [0.717, 1.165) is 19.5 Å². The van der Waals surface area contributed by atoms with Gasteiger partial charge in [0.2, 0.25) is 5.78 Å². The van der Waals surface area contributed by atoms with Crippen LogP contribution in [0.4, 0.5) is 5.82 Å². The van der Waals surface area contributed by atoms with Gasteiger partial charge >= 0.3 is 0 Å². The highest BCUT2D eigenvalue weighted by molar-refractivity contribution is 6.37. The van der Waals surface area contributed by atoms with Crippen molar-refractivity contribution >= 4 is 23.4 Å². The van der Waals surface area contributed by atoms with E-state index in [2.05, 4.69) is 43.7 Å². The van der Waals surface area contributed by atoms with Crippen LogP contribution in [0.3, 0.4) is 0 Å². The largest absolute Gasteiger partial charge is 0.390 e. The number of fused-ring (bicyclic) bond motifs is 1. The Hall–Kier alpha value is -3.37. The molecule has 1 unspecified atom stereocenters. The lowest BCUT2D eigenvalue weighted by atomic mass is 9.89. The molecule has 3 N–H and O–H groups in total. The number of ketones is 1. The minimum absolute atomic E-state index is 0.0612. The average molecular weight is 523 g/mol. The number of hydrogen-bond donors (Lipinski definition) is 3. The number of hydrogen-bond acceptors (Lipinski definition) is 8. The Bertz CT molecular complexity index is 1160. The van der Waals surface area contributed by atoms with Crippen LogP contribution in [0.15, 0.2) is 36.7 Å². The van der Waals surface area contributed by atoms with E-state index >= 15 is 0 Å². The van der Waals surface area contributed by atoms with E-state index in [-0.39, 0.29) is 30.0 Å². The number of piperidine rings is 1. The van der Waals surface area contributed by atoms with Crippen LogP contribution < -0.4 is 10.6 Å². The molecule has 2 aromatic rings. The fourth-order valence-electron chi connectivity index (χ4n) is 4.83. The number of β-amino-alcohol motifs (C(OH)–C–C–N with tert-alkyl or cyclic N) is 1. The van der Waals surface area contributed by atoms with Crippen LogP contribution in [0.2, 0.25) is 0 Å². The van der Waals surface area contributed by atoms with Crippen molar-refractivity contribution in [2.75, 3.05) is 38.0 Å². The number of carbonyl (C=O) groups excluding carboxylic acids is 3. The summed E-state index contributed by atoms with van der Waals surface area (Å²) < 4.78 is 0. The normalized spacial score (nSPS) is 17.4. The Balaban J connectivity index is 1.22. The minimum Gasteiger partial charge on any atom is -0.390 e. The third-order valence-electron chi connectivity index (χ3n) is 7.09. The summed E-state index contributed by atoms with van der Waals surface area (Å²) in [5, 5.41) is 16.6. The van der Waals surface area contributed by atoms with Gasteiger partial charge < -0.3 is 20.6 Å². The zero-order valence-electron chi connectivity index (χ0n) is 22.4. The number of nitrogens with zero attached hydrogens (tertiary/aromatic N) is 4. The highest BCUT2D eigenvalue weighted by Crippen LogP contribution is 2.21. The highest BCUT2D eigenvalue weighted by atomic mass is 16.3. The first-order valence-corrected chi connectivity index (χ1v) is 13.3. The van der Waals surface area contributed by atoms with Crippen molar-refractivity contribution in [1.29, 1.82) is 0 Å². The fourth-order valence-corrected chi connectivity index (χ4v) is 4.83. The van der Waals surface area contributed by atoms with Gasteiger partial charge in [-0.15, -0.1) is 0 Å². The van der Waals surface area contributed by atoms with E-state index in [1.54, 1.807) is 31.7 Å². The van der Waals surface area contributed by atoms with Gasteiger partial charge in [-0.2, -0.15) is 0 Å². The second kappa shape index (κ2) is 12.0. The second-order valence-electron chi connectivity index (χ2n) is 11.2. The SMILES string of the molecule is CC(C)(C)C(=O)C(=O)N1CCC(Nc2cc(C(=O)NCC(O)CN3CCc4ccccc4C3)ncn2)CC1. The van der Waals surface area contributed by atoms with Gasteiger partial charge in [0.25, 0.3) is 11.8 Å². The molecule has 0 aliphatic carbocycles. The molecule has 1 saturated heterocycles. The van der Waals surface area contributed by atoms with Crippen molar-refractivity contribution in [1.82, 2.24) is 25.1 Å². The molecule has 2 aliphatic rings. The first-order valence-electron chi connectivity index (χ1n) is 13.3. The van der Waals surface area contributed by atoms with Crippen LogP contribution in [0, 0.1) is 5.41 Å². The second-order valence-corrected chi connectivity index (χ2v) is 11.2. The van der Waals surface area contributed by atoms with Crippen molar-refractivity contribution in [2.45, 2.75) is 58.7 Å². The van der Waals surface area contributed by atoms with Gasteiger partial charge in [-0.25, -0.2) is 9.97 Å². The maximum atomic E-state index is 12.7. The van der Waals surface area contributed by atoms with Crippen LogP contribution >= 0.6 is 0 Å². The van der Waals surface area contributed by atoms with E-state index in [1.807, 2.05) is 6.07 Å². The number of aliphatic hydroxyl groups is 1. The van der Waals surface area contributed by atoms with Gasteiger partial charge in [0.05, 0.1) is 6.10 Å². The standard InChI is InChI=1S/C28H38N6O4/c1-28(2,3)25(36)27(38)34-12-9-21(10-13-34)32-24-14-23(30-18-31-24)26(37)29-15-22(35)17-33-11-8-19-6-4-5-7-20(19)16-33/h4-7,14,18,21-22,35H,8-13,15-17H2,1-3H3,(H,29,37)(H,30,31,32). The number of benzene rings is 1. The fraction of sp³-hybridized carbons (Fsp3) is 0.536. The van der Waals surface area contributed by atoms with Gasteiger partial charge in [-0.1, -0.05) is 45.0 Å². The monoisotopic (exact) mass is 522 g/mol. The smallest absolute Gasteiger partial charge is 0.290 e. The summed E-state index contributed by atoms with van der Waals surface area (Å²) in [6, 6.07) is 10.00. The molecule has 0 spiro atoms. The topological polar surface area (TPSA) is 128 Å². The number of aliphatic hydroxyl groups excluding tert-OH is 1. The predicted molar refractivity (Wildman–Crippen MR) is 143 cm³/mol. The van der Waals surface area contributed by atoms with Gasteiger partial charge in [0.15, 0.2) is 0 Å². The lowest BCUT2D eigenvalue weighted by Crippen LogP contribution is -2.47. The first kappa shape index (κ1) is 27.7. The lowest BCUT2D eigenvalue weighted by molar-refractivity contribution is -0.149. The summed E-state index contributed by atoms with van der Waals surface area (Å²) in [6.45, 7) is 8.49. The average Bonchev–Trinajstić information content (AvgIpc) is 2.91. The number of aromatic nitrogens is 2. The van der Waals surface area contributed by atoms with Crippen molar-refractivity contribution in [3.63, 3.8) is 0 Å². The highest BCUT2D eigenvalue weighted by Gasteiger charge is 2.33. The van der Waals surface area contributed by atoms with Crippen molar-refractivity contribution in [3.8, 4) is 0 Å². The Morgan fingerprint density at radius 3 is 2.50 bits per heavy atom. The molecule has 1 fully saturated rings. The van der Waals surface area contributed by atoms with Gasteiger partial charge in [0.1, 0.15) is 17.8 Å². The number of rotatable bonds is 8. The molecule has 204 valence electrons. The van der Waals surface area contributed by atoms with E-state index in [4.69, 9.17) is 0 Å². The third-order valence-corrected chi connectivity index (χ3v) is 7.09. The van der Waals surface area contributed by atoms with Crippen molar-refractivity contribution in [3.05, 3.63) is 53.5 Å². The number of likely N-dealkylation sites (tertiary alicyclic amines) is 1. The molecular weight excluding hydrogens is 484 g/mol. The molecular formula is C28H38N6O4. The molecule has 38 heavy (non-hydrogen) atoms. The number of Topliss-reactive ketones (excluding diaryl/α,β-unsaturated/α-hetero) is 1. The Morgan fingerprint density at radius 2 is 1.79 bits per heavy atom. The molecule has 1 atom stereocenters. The molecule has 4 rings (SSSR count). The summed E-state index contributed by atoms with van der Waals surface area (Å²) >= 11 is 0. The number of anilines is 1. The quantitative estimate of drug-likeness (QED) is 0.447. The van der Waals surface area contributed by atoms with E-state index < -0.39 is 17.4 Å². The summed E-state index contributed by atoms with van der Waals surface area (Å²) in [4.78, 5) is 49.6. The predicted octanol–water partition coefficient (Wildman–Crippen LogP) is 1.64. The molecule has 2 aliphatic heterocycles.